The zero-order chi connectivity index (χ0) is 11.5. The number of hydrogen-bond donors (Lipinski definition) is 1. The summed E-state index contributed by atoms with van der Waals surface area (Å²) >= 11 is 0. The standard InChI is InChI=1S/C14H21NO/c1-11(12(2)16)15-9-7-13-5-3-4-6-14(13)8-10-15/h3-6,11-12,16H,7-10H2,1-2H3. The molecule has 1 aromatic rings. The number of aliphatic hydroxyl groups excluding tert-OH is 1. The van der Waals surface area contributed by atoms with Crippen LogP contribution in [0, 0.1) is 0 Å². The van der Waals surface area contributed by atoms with Crippen molar-refractivity contribution in [1.29, 1.82) is 0 Å². The summed E-state index contributed by atoms with van der Waals surface area (Å²) in [6.45, 7) is 6.11. The maximum Gasteiger partial charge on any atom is 0.0664 e. The Balaban J connectivity index is 2.07. The van der Waals surface area contributed by atoms with Crippen molar-refractivity contribution in [3.63, 3.8) is 0 Å². The van der Waals surface area contributed by atoms with Crippen molar-refractivity contribution < 1.29 is 5.11 Å². The third-order valence-corrected chi connectivity index (χ3v) is 3.73. The second kappa shape index (κ2) is 4.98. The summed E-state index contributed by atoms with van der Waals surface area (Å²) < 4.78 is 0. The van der Waals surface area contributed by atoms with E-state index in [0.717, 1.165) is 25.9 Å². The number of benzene rings is 1. The van der Waals surface area contributed by atoms with E-state index in [1.807, 2.05) is 6.92 Å². The number of aliphatic hydroxyl groups is 1. The molecule has 2 atom stereocenters. The molecule has 2 nitrogen and oxygen atoms in total. The Bertz CT molecular complexity index is 321. The first-order chi connectivity index (χ1) is 7.68. The normalized spacial score (nSPS) is 20.9. The highest BCUT2D eigenvalue weighted by Crippen LogP contribution is 2.17. The Morgan fingerprint density at radius 1 is 1.06 bits per heavy atom. The second-order valence-electron chi connectivity index (χ2n) is 4.79. The summed E-state index contributed by atoms with van der Waals surface area (Å²) in [4.78, 5) is 2.39. The zero-order valence-corrected chi connectivity index (χ0v) is 10.2. The molecule has 1 aromatic carbocycles. The largest absolute Gasteiger partial charge is 0.392 e. The van der Waals surface area contributed by atoms with Gasteiger partial charge in [0.2, 0.25) is 0 Å². The molecule has 2 heteroatoms. The van der Waals surface area contributed by atoms with Gasteiger partial charge in [-0.1, -0.05) is 24.3 Å². The minimum atomic E-state index is -0.249. The summed E-state index contributed by atoms with van der Waals surface area (Å²) in [6.07, 6.45) is 1.96. The maximum absolute atomic E-state index is 9.64. The molecule has 0 aromatic heterocycles. The van der Waals surface area contributed by atoms with E-state index in [2.05, 4.69) is 36.1 Å². The molecule has 88 valence electrons. The lowest BCUT2D eigenvalue weighted by atomic mass is 10.0. The molecule has 0 aliphatic carbocycles. The molecule has 0 bridgehead atoms. The van der Waals surface area contributed by atoms with Gasteiger partial charge in [-0.25, -0.2) is 0 Å². The summed E-state index contributed by atoms with van der Waals surface area (Å²) in [7, 11) is 0. The molecule has 0 saturated heterocycles. The smallest absolute Gasteiger partial charge is 0.0664 e. The molecule has 2 unspecified atom stereocenters. The van der Waals surface area contributed by atoms with Gasteiger partial charge in [-0.15, -0.1) is 0 Å². The Morgan fingerprint density at radius 2 is 1.56 bits per heavy atom. The van der Waals surface area contributed by atoms with Crippen LogP contribution in [0.5, 0.6) is 0 Å². The van der Waals surface area contributed by atoms with Gasteiger partial charge in [0, 0.05) is 19.1 Å². The lowest BCUT2D eigenvalue weighted by Crippen LogP contribution is -2.41. The van der Waals surface area contributed by atoms with Gasteiger partial charge in [0.25, 0.3) is 0 Å². The van der Waals surface area contributed by atoms with E-state index in [0.29, 0.717) is 0 Å². The average molecular weight is 219 g/mol. The van der Waals surface area contributed by atoms with Crippen LogP contribution in [0.1, 0.15) is 25.0 Å². The lowest BCUT2D eigenvalue weighted by Gasteiger charge is -2.29. The maximum atomic E-state index is 9.64. The van der Waals surface area contributed by atoms with Crippen molar-refractivity contribution in [2.75, 3.05) is 13.1 Å². The van der Waals surface area contributed by atoms with Crippen molar-refractivity contribution in [2.24, 2.45) is 0 Å². The molecule has 1 aliphatic heterocycles. The van der Waals surface area contributed by atoms with E-state index in [1.165, 1.54) is 11.1 Å². The summed E-state index contributed by atoms with van der Waals surface area (Å²) in [5.41, 5.74) is 2.95. The van der Waals surface area contributed by atoms with Crippen LogP contribution in [0.2, 0.25) is 0 Å². The lowest BCUT2D eigenvalue weighted by molar-refractivity contribution is 0.0734. The predicted octanol–water partition coefficient (Wildman–Crippen LogP) is 1.86. The van der Waals surface area contributed by atoms with Gasteiger partial charge in [0.15, 0.2) is 0 Å². The van der Waals surface area contributed by atoms with E-state index in [1.54, 1.807) is 0 Å². The molecule has 2 rings (SSSR count). The number of fused-ring (bicyclic) bond motifs is 1. The molecule has 0 spiro atoms. The molecular weight excluding hydrogens is 198 g/mol. The number of hydrogen-bond acceptors (Lipinski definition) is 2. The van der Waals surface area contributed by atoms with Gasteiger partial charge in [0.1, 0.15) is 0 Å². The molecule has 1 heterocycles. The van der Waals surface area contributed by atoms with Crippen LogP contribution in [-0.4, -0.2) is 35.2 Å². The van der Waals surface area contributed by atoms with Gasteiger partial charge in [-0.05, 0) is 37.8 Å². The first-order valence-corrected chi connectivity index (χ1v) is 6.17. The zero-order valence-electron chi connectivity index (χ0n) is 10.2. The summed E-state index contributed by atoms with van der Waals surface area (Å²) in [5.74, 6) is 0. The van der Waals surface area contributed by atoms with E-state index in [-0.39, 0.29) is 12.1 Å². The van der Waals surface area contributed by atoms with Crippen LogP contribution in [0.15, 0.2) is 24.3 Å². The Morgan fingerprint density at radius 3 is 2.00 bits per heavy atom. The van der Waals surface area contributed by atoms with Gasteiger partial charge in [0.05, 0.1) is 6.10 Å². The fraction of sp³-hybridized carbons (Fsp3) is 0.571. The monoisotopic (exact) mass is 219 g/mol. The SMILES string of the molecule is CC(O)C(C)N1CCc2ccccc2CC1. The minimum absolute atomic E-state index is 0.249. The van der Waals surface area contributed by atoms with E-state index in [9.17, 15) is 5.11 Å². The van der Waals surface area contributed by atoms with Crippen molar-refractivity contribution >= 4 is 0 Å². The summed E-state index contributed by atoms with van der Waals surface area (Å²) in [5, 5.41) is 9.64. The fourth-order valence-corrected chi connectivity index (χ4v) is 2.40. The highest BCUT2D eigenvalue weighted by molar-refractivity contribution is 5.28. The van der Waals surface area contributed by atoms with Crippen LogP contribution in [0.3, 0.4) is 0 Å². The quantitative estimate of drug-likeness (QED) is 0.820. The third kappa shape index (κ3) is 2.45. The van der Waals surface area contributed by atoms with Gasteiger partial charge >= 0.3 is 0 Å². The van der Waals surface area contributed by atoms with E-state index in [4.69, 9.17) is 0 Å². The average Bonchev–Trinajstić information content (AvgIpc) is 2.50. The van der Waals surface area contributed by atoms with E-state index < -0.39 is 0 Å². The molecule has 0 amide bonds. The minimum Gasteiger partial charge on any atom is -0.392 e. The molecule has 1 N–H and O–H groups in total. The van der Waals surface area contributed by atoms with Crippen LogP contribution in [0.25, 0.3) is 0 Å². The summed E-state index contributed by atoms with van der Waals surface area (Å²) in [6, 6.07) is 8.95. The molecule has 1 aliphatic rings. The van der Waals surface area contributed by atoms with Gasteiger partial charge in [-0.3, -0.25) is 4.90 Å². The Labute approximate surface area is 97.9 Å². The highest BCUT2D eigenvalue weighted by Gasteiger charge is 2.20. The number of nitrogens with zero attached hydrogens (tertiary/aromatic N) is 1. The first kappa shape index (κ1) is 11.6. The molecule has 0 saturated carbocycles. The number of rotatable bonds is 2. The predicted molar refractivity (Wildman–Crippen MR) is 66.6 cm³/mol. The van der Waals surface area contributed by atoms with Crippen LogP contribution in [-0.2, 0) is 12.8 Å². The van der Waals surface area contributed by atoms with Crippen LogP contribution >= 0.6 is 0 Å². The van der Waals surface area contributed by atoms with Crippen molar-refractivity contribution in [3.8, 4) is 0 Å². The molecule has 0 fully saturated rings. The van der Waals surface area contributed by atoms with Gasteiger partial charge in [-0.2, -0.15) is 0 Å². The topological polar surface area (TPSA) is 23.5 Å². The molecule has 0 radical (unpaired) electrons. The second-order valence-corrected chi connectivity index (χ2v) is 4.79. The Hall–Kier alpha value is -0.860. The van der Waals surface area contributed by atoms with Crippen molar-refractivity contribution in [1.82, 2.24) is 4.90 Å². The molecule has 16 heavy (non-hydrogen) atoms. The van der Waals surface area contributed by atoms with Crippen LogP contribution in [0.4, 0.5) is 0 Å². The van der Waals surface area contributed by atoms with E-state index >= 15 is 0 Å². The Kier molecular flexibility index (Phi) is 3.62. The van der Waals surface area contributed by atoms with Crippen molar-refractivity contribution in [3.05, 3.63) is 35.4 Å². The third-order valence-electron chi connectivity index (χ3n) is 3.73. The van der Waals surface area contributed by atoms with Crippen molar-refractivity contribution in [2.45, 2.75) is 38.8 Å². The fourth-order valence-electron chi connectivity index (χ4n) is 2.40. The molecular formula is C14H21NO. The first-order valence-electron chi connectivity index (χ1n) is 6.17. The van der Waals surface area contributed by atoms with Gasteiger partial charge < -0.3 is 5.11 Å². The highest BCUT2D eigenvalue weighted by atomic mass is 16.3. The van der Waals surface area contributed by atoms with Crippen LogP contribution < -0.4 is 0 Å².